The Hall–Kier alpha value is -6.44. The lowest BCUT2D eigenvalue weighted by atomic mass is 9.81. The van der Waals surface area contributed by atoms with E-state index in [1.165, 1.54) is 77.9 Å². The van der Waals surface area contributed by atoms with E-state index in [0.717, 1.165) is 17.1 Å². The second-order valence-electron chi connectivity index (χ2n) is 16.2. The first-order chi connectivity index (χ1) is 26.8. The van der Waals surface area contributed by atoms with E-state index in [1.807, 2.05) is 0 Å². The Balaban J connectivity index is 0.983. The molecule has 10 rings (SSSR count). The molecule has 55 heavy (non-hydrogen) atoms. The first-order valence-corrected chi connectivity index (χ1v) is 19.4. The predicted octanol–water partition coefficient (Wildman–Crippen LogP) is 14.8. The van der Waals surface area contributed by atoms with Gasteiger partial charge in [-0.25, -0.2) is 0 Å². The zero-order valence-electron chi connectivity index (χ0n) is 31.8. The first-order valence-electron chi connectivity index (χ1n) is 19.4. The van der Waals surface area contributed by atoms with Crippen molar-refractivity contribution in [2.45, 2.75) is 38.5 Å². The maximum absolute atomic E-state index is 2.42. The van der Waals surface area contributed by atoms with Crippen LogP contribution in [0.2, 0.25) is 0 Å². The fraction of sp³-hybridized carbons (Fsp3) is 0.111. The number of rotatable bonds is 6. The van der Waals surface area contributed by atoms with Crippen molar-refractivity contribution in [3.8, 4) is 55.6 Å². The molecule has 0 heterocycles. The molecule has 8 aromatic carbocycles. The van der Waals surface area contributed by atoms with E-state index in [4.69, 9.17) is 0 Å². The minimum Gasteiger partial charge on any atom is -0.310 e. The standard InChI is InChI=1S/C54H43N/c1-53(2)49-18-12-11-17-45(49)46-30-25-41(33-50(46)53)39-23-27-43(28-24-39)55(42-15-9-6-10-16-42)44-29-32-48-47-31-26-40(34-51(47)54(3,4)52(48)35-44)38-21-19-37(20-22-38)36-13-7-5-8-14-36/h5-35H,1-4H3. The SMILES string of the molecule is CC1(C)c2ccccc2-c2ccc(-c3ccc(N(c4ccccc4)c4ccc5c(c4)C(C)(C)c4cc(-c6ccc(-c7ccccc7)cc6)ccc4-5)cc3)cc21. The first kappa shape index (κ1) is 33.2. The summed E-state index contributed by atoms with van der Waals surface area (Å²) >= 11 is 0. The lowest BCUT2D eigenvalue weighted by molar-refractivity contribution is 0.660. The molecule has 0 N–H and O–H groups in total. The quantitative estimate of drug-likeness (QED) is 0.166. The maximum Gasteiger partial charge on any atom is 0.0465 e. The zero-order chi connectivity index (χ0) is 37.3. The van der Waals surface area contributed by atoms with Crippen LogP contribution in [0.25, 0.3) is 55.6 Å². The number of hydrogen-bond acceptors (Lipinski definition) is 1. The van der Waals surface area contributed by atoms with Gasteiger partial charge in [-0.1, -0.05) is 167 Å². The van der Waals surface area contributed by atoms with E-state index < -0.39 is 0 Å². The molecule has 264 valence electrons. The predicted molar refractivity (Wildman–Crippen MR) is 233 cm³/mol. The summed E-state index contributed by atoms with van der Waals surface area (Å²) in [6, 6.07) is 69.4. The summed E-state index contributed by atoms with van der Waals surface area (Å²) in [4.78, 5) is 2.39. The Bertz CT molecular complexity index is 2720. The van der Waals surface area contributed by atoms with Crippen molar-refractivity contribution in [3.63, 3.8) is 0 Å². The van der Waals surface area contributed by atoms with Crippen LogP contribution in [0.1, 0.15) is 49.9 Å². The average molecular weight is 706 g/mol. The fourth-order valence-corrected chi connectivity index (χ4v) is 9.24. The van der Waals surface area contributed by atoms with Crippen LogP contribution in [0.15, 0.2) is 188 Å². The van der Waals surface area contributed by atoms with Gasteiger partial charge >= 0.3 is 0 Å². The second-order valence-corrected chi connectivity index (χ2v) is 16.2. The molecule has 0 amide bonds. The van der Waals surface area contributed by atoms with Crippen molar-refractivity contribution in [3.05, 3.63) is 210 Å². The Morgan fingerprint density at radius 2 is 0.636 bits per heavy atom. The Labute approximate surface area is 325 Å². The second kappa shape index (κ2) is 12.6. The highest BCUT2D eigenvalue weighted by Crippen LogP contribution is 2.52. The van der Waals surface area contributed by atoms with Gasteiger partial charge in [0, 0.05) is 27.9 Å². The molecule has 0 spiro atoms. The zero-order valence-corrected chi connectivity index (χ0v) is 31.8. The van der Waals surface area contributed by atoms with E-state index in [9.17, 15) is 0 Å². The molecule has 1 nitrogen and oxygen atoms in total. The summed E-state index contributed by atoms with van der Waals surface area (Å²) in [5.74, 6) is 0. The van der Waals surface area contributed by atoms with Crippen molar-refractivity contribution in [2.24, 2.45) is 0 Å². The fourth-order valence-electron chi connectivity index (χ4n) is 9.24. The summed E-state index contributed by atoms with van der Waals surface area (Å²) in [7, 11) is 0. The molecule has 0 bridgehead atoms. The minimum absolute atomic E-state index is 0.0251. The van der Waals surface area contributed by atoms with Gasteiger partial charge < -0.3 is 4.90 Å². The number of benzene rings is 8. The topological polar surface area (TPSA) is 3.24 Å². The van der Waals surface area contributed by atoms with Crippen LogP contribution >= 0.6 is 0 Å². The van der Waals surface area contributed by atoms with E-state index in [2.05, 4.69) is 221 Å². The van der Waals surface area contributed by atoms with E-state index in [-0.39, 0.29) is 10.8 Å². The highest BCUT2D eigenvalue weighted by atomic mass is 15.1. The molecular formula is C54H43N. The van der Waals surface area contributed by atoms with Gasteiger partial charge in [-0.3, -0.25) is 0 Å². The average Bonchev–Trinajstić information content (AvgIpc) is 3.60. The third-order valence-corrected chi connectivity index (χ3v) is 12.3. The monoisotopic (exact) mass is 705 g/mol. The van der Waals surface area contributed by atoms with Gasteiger partial charge in [0.05, 0.1) is 0 Å². The Kier molecular flexibility index (Phi) is 7.58. The summed E-state index contributed by atoms with van der Waals surface area (Å²) in [5.41, 5.74) is 21.6. The van der Waals surface area contributed by atoms with Crippen LogP contribution < -0.4 is 4.90 Å². The Morgan fingerprint density at radius 1 is 0.273 bits per heavy atom. The molecule has 0 saturated carbocycles. The van der Waals surface area contributed by atoms with Gasteiger partial charge in [-0.2, -0.15) is 0 Å². The minimum atomic E-state index is -0.159. The number of para-hydroxylation sites is 1. The van der Waals surface area contributed by atoms with Gasteiger partial charge in [0.2, 0.25) is 0 Å². The molecule has 0 aromatic heterocycles. The smallest absolute Gasteiger partial charge is 0.0465 e. The number of anilines is 3. The summed E-state index contributed by atoms with van der Waals surface area (Å²) in [6.07, 6.45) is 0. The summed E-state index contributed by atoms with van der Waals surface area (Å²) in [5, 5.41) is 0. The van der Waals surface area contributed by atoms with Crippen LogP contribution in [0.4, 0.5) is 17.1 Å². The summed E-state index contributed by atoms with van der Waals surface area (Å²) < 4.78 is 0. The van der Waals surface area contributed by atoms with Crippen molar-refractivity contribution in [2.75, 3.05) is 4.90 Å². The lowest BCUT2D eigenvalue weighted by Gasteiger charge is -2.28. The van der Waals surface area contributed by atoms with Gasteiger partial charge in [0.25, 0.3) is 0 Å². The normalized spacial score (nSPS) is 14.1. The number of fused-ring (bicyclic) bond motifs is 6. The van der Waals surface area contributed by atoms with Crippen LogP contribution in [-0.4, -0.2) is 0 Å². The highest BCUT2D eigenvalue weighted by molar-refractivity contribution is 5.88. The number of hydrogen-bond donors (Lipinski definition) is 0. The molecule has 2 aliphatic rings. The number of nitrogens with zero attached hydrogens (tertiary/aromatic N) is 1. The van der Waals surface area contributed by atoms with Gasteiger partial charge in [0.1, 0.15) is 0 Å². The Morgan fingerprint density at radius 3 is 1.24 bits per heavy atom. The molecule has 0 radical (unpaired) electrons. The molecular weight excluding hydrogens is 663 g/mol. The molecule has 2 aliphatic carbocycles. The third kappa shape index (κ3) is 5.37. The van der Waals surface area contributed by atoms with E-state index in [1.54, 1.807) is 0 Å². The van der Waals surface area contributed by atoms with Crippen LogP contribution in [0.3, 0.4) is 0 Å². The van der Waals surface area contributed by atoms with Crippen molar-refractivity contribution in [1.29, 1.82) is 0 Å². The summed E-state index contributed by atoms with van der Waals surface area (Å²) in [6.45, 7) is 9.45. The molecule has 0 saturated heterocycles. The molecule has 0 atom stereocenters. The van der Waals surface area contributed by atoms with Crippen molar-refractivity contribution >= 4 is 17.1 Å². The van der Waals surface area contributed by atoms with Crippen LogP contribution in [0.5, 0.6) is 0 Å². The van der Waals surface area contributed by atoms with Gasteiger partial charge in [-0.05, 0) is 126 Å². The molecule has 0 aliphatic heterocycles. The van der Waals surface area contributed by atoms with Crippen LogP contribution in [0, 0.1) is 0 Å². The molecule has 0 fully saturated rings. The highest BCUT2D eigenvalue weighted by Gasteiger charge is 2.37. The maximum atomic E-state index is 2.42. The van der Waals surface area contributed by atoms with E-state index in [0.29, 0.717) is 0 Å². The largest absolute Gasteiger partial charge is 0.310 e. The van der Waals surface area contributed by atoms with Crippen molar-refractivity contribution in [1.82, 2.24) is 0 Å². The molecule has 8 aromatic rings. The molecule has 0 unspecified atom stereocenters. The molecule has 1 heteroatoms. The lowest BCUT2D eigenvalue weighted by Crippen LogP contribution is -2.16. The van der Waals surface area contributed by atoms with Crippen LogP contribution in [-0.2, 0) is 10.8 Å². The van der Waals surface area contributed by atoms with E-state index >= 15 is 0 Å². The van der Waals surface area contributed by atoms with Gasteiger partial charge in [0.15, 0.2) is 0 Å². The third-order valence-electron chi connectivity index (χ3n) is 12.3. The van der Waals surface area contributed by atoms with Crippen molar-refractivity contribution < 1.29 is 0 Å². The van der Waals surface area contributed by atoms with Gasteiger partial charge in [-0.15, -0.1) is 0 Å².